The van der Waals surface area contributed by atoms with E-state index in [2.05, 4.69) is 12.2 Å². The van der Waals surface area contributed by atoms with Gasteiger partial charge in [-0.25, -0.2) is 0 Å². The van der Waals surface area contributed by atoms with Crippen molar-refractivity contribution in [3.8, 4) is 0 Å². The molecule has 0 aromatic rings. The third-order valence-electron chi connectivity index (χ3n) is 4.25. The molecule has 3 N–H and O–H groups in total. The maximum Gasteiger partial charge on any atom is 0.240 e. The minimum Gasteiger partial charge on any atom is -0.354 e. The lowest BCUT2D eigenvalue weighted by Gasteiger charge is -2.24. The summed E-state index contributed by atoms with van der Waals surface area (Å²) in [5.74, 6) is 0.457. The van der Waals surface area contributed by atoms with Gasteiger partial charge in [-0.2, -0.15) is 0 Å². The lowest BCUT2D eigenvalue weighted by molar-refractivity contribution is -0.126. The Morgan fingerprint density at radius 1 is 1.53 bits per heavy atom. The van der Waals surface area contributed by atoms with Crippen molar-refractivity contribution in [3.63, 3.8) is 0 Å². The second-order valence-corrected chi connectivity index (χ2v) is 5.59. The van der Waals surface area contributed by atoms with Crippen LogP contribution >= 0.6 is 0 Å². The largest absolute Gasteiger partial charge is 0.354 e. The molecule has 0 saturated heterocycles. The van der Waals surface area contributed by atoms with Crippen LogP contribution in [0.25, 0.3) is 0 Å². The van der Waals surface area contributed by atoms with Crippen molar-refractivity contribution in [2.45, 2.75) is 51.5 Å². The minimum atomic E-state index is -0.635. The molecular weight excluding hydrogens is 188 g/mol. The number of nitrogens with one attached hydrogen (secondary N) is 1. The van der Waals surface area contributed by atoms with E-state index in [0.29, 0.717) is 11.3 Å². The summed E-state index contributed by atoms with van der Waals surface area (Å²) in [5.41, 5.74) is 5.82. The predicted octanol–water partition coefficient (Wildman–Crippen LogP) is 1.42. The zero-order valence-corrected chi connectivity index (χ0v) is 9.81. The fraction of sp³-hybridized carbons (Fsp3) is 0.917. The van der Waals surface area contributed by atoms with Crippen LogP contribution in [0.4, 0.5) is 0 Å². The first-order valence-electron chi connectivity index (χ1n) is 6.07. The maximum absolute atomic E-state index is 11.9. The molecule has 0 spiro atoms. The molecule has 15 heavy (non-hydrogen) atoms. The van der Waals surface area contributed by atoms with E-state index in [-0.39, 0.29) is 5.91 Å². The Labute approximate surface area is 91.8 Å². The summed E-state index contributed by atoms with van der Waals surface area (Å²) < 4.78 is 0. The van der Waals surface area contributed by atoms with E-state index in [1.54, 1.807) is 0 Å². The number of amides is 1. The minimum absolute atomic E-state index is 0.0460. The van der Waals surface area contributed by atoms with Gasteiger partial charge in [0, 0.05) is 6.54 Å². The molecule has 0 heterocycles. The molecule has 1 amide bonds. The average Bonchev–Trinajstić information content (AvgIpc) is 3.04. The van der Waals surface area contributed by atoms with Crippen LogP contribution < -0.4 is 11.1 Å². The van der Waals surface area contributed by atoms with Crippen LogP contribution in [0.5, 0.6) is 0 Å². The second-order valence-electron chi connectivity index (χ2n) is 5.59. The zero-order valence-electron chi connectivity index (χ0n) is 9.81. The first-order chi connectivity index (χ1) is 7.00. The molecule has 2 aliphatic rings. The van der Waals surface area contributed by atoms with Crippen LogP contribution in [0.2, 0.25) is 0 Å². The van der Waals surface area contributed by atoms with Crippen molar-refractivity contribution in [2.75, 3.05) is 6.54 Å². The molecular formula is C12H22N2O. The molecule has 86 valence electrons. The molecule has 0 aliphatic heterocycles. The van der Waals surface area contributed by atoms with Gasteiger partial charge < -0.3 is 11.1 Å². The molecule has 0 radical (unpaired) electrons. The van der Waals surface area contributed by atoms with Gasteiger partial charge in [0.2, 0.25) is 5.91 Å². The third-order valence-corrected chi connectivity index (χ3v) is 4.25. The highest BCUT2D eigenvalue weighted by molar-refractivity contribution is 5.86. The van der Waals surface area contributed by atoms with E-state index < -0.39 is 5.54 Å². The zero-order chi connectivity index (χ0) is 11.1. The number of hydrogen-bond donors (Lipinski definition) is 2. The molecule has 1 atom stereocenters. The van der Waals surface area contributed by atoms with Crippen LogP contribution in [-0.4, -0.2) is 18.0 Å². The van der Waals surface area contributed by atoms with E-state index >= 15 is 0 Å². The molecule has 0 bridgehead atoms. The molecule has 2 rings (SSSR count). The lowest BCUT2D eigenvalue weighted by Crippen LogP contribution is -2.54. The monoisotopic (exact) mass is 210 g/mol. The first-order valence-corrected chi connectivity index (χ1v) is 6.07. The maximum atomic E-state index is 11.9. The molecule has 1 unspecified atom stereocenters. The van der Waals surface area contributed by atoms with E-state index in [4.69, 9.17) is 5.73 Å². The predicted molar refractivity (Wildman–Crippen MR) is 60.3 cm³/mol. The number of hydrogen-bond acceptors (Lipinski definition) is 2. The Morgan fingerprint density at radius 2 is 2.13 bits per heavy atom. The summed E-state index contributed by atoms with van der Waals surface area (Å²) >= 11 is 0. The van der Waals surface area contributed by atoms with Crippen molar-refractivity contribution in [1.29, 1.82) is 0 Å². The quantitative estimate of drug-likeness (QED) is 0.721. The Kier molecular flexibility index (Phi) is 2.53. The van der Waals surface area contributed by atoms with Gasteiger partial charge in [0.1, 0.15) is 0 Å². The Balaban J connectivity index is 1.81. The van der Waals surface area contributed by atoms with Crippen molar-refractivity contribution in [1.82, 2.24) is 5.32 Å². The van der Waals surface area contributed by atoms with Gasteiger partial charge in [-0.15, -0.1) is 0 Å². The lowest BCUT2D eigenvalue weighted by atomic mass is 9.95. The van der Waals surface area contributed by atoms with Gasteiger partial charge >= 0.3 is 0 Å². The van der Waals surface area contributed by atoms with Crippen LogP contribution in [0.1, 0.15) is 46.0 Å². The van der Waals surface area contributed by atoms with Gasteiger partial charge in [0.15, 0.2) is 0 Å². The SMILES string of the molecule is CCC1(CNC(=O)C(C)(N)C2CC2)CC1. The van der Waals surface area contributed by atoms with Crippen LogP contribution in [0.3, 0.4) is 0 Å². The van der Waals surface area contributed by atoms with Crippen LogP contribution in [-0.2, 0) is 4.79 Å². The first kappa shape index (κ1) is 10.9. The number of nitrogens with two attached hydrogens (primary N) is 1. The normalized spacial score (nSPS) is 26.9. The van der Waals surface area contributed by atoms with Gasteiger partial charge in [-0.1, -0.05) is 6.92 Å². The number of carbonyl (C=O) groups is 1. The topological polar surface area (TPSA) is 55.1 Å². The highest BCUT2D eigenvalue weighted by Gasteiger charge is 2.46. The summed E-state index contributed by atoms with van der Waals surface area (Å²) in [5, 5.41) is 3.03. The van der Waals surface area contributed by atoms with Crippen molar-refractivity contribution < 1.29 is 4.79 Å². The van der Waals surface area contributed by atoms with Crippen molar-refractivity contribution in [2.24, 2.45) is 17.1 Å². The molecule has 2 aliphatic carbocycles. The summed E-state index contributed by atoms with van der Waals surface area (Å²) in [6.07, 6.45) is 5.90. The highest BCUT2D eigenvalue weighted by atomic mass is 16.2. The fourth-order valence-corrected chi connectivity index (χ4v) is 2.16. The van der Waals surface area contributed by atoms with Crippen LogP contribution in [0, 0.1) is 11.3 Å². The van der Waals surface area contributed by atoms with Gasteiger partial charge in [-0.3, -0.25) is 4.79 Å². The van der Waals surface area contributed by atoms with E-state index in [0.717, 1.165) is 25.8 Å². The second kappa shape index (κ2) is 3.48. The average molecular weight is 210 g/mol. The smallest absolute Gasteiger partial charge is 0.240 e. The Morgan fingerprint density at radius 3 is 2.53 bits per heavy atom. The van der Waals surface area contributed by atoms with Gasteiger partial charge in [0.25, 0.3) is 0 Å². The summed E-state index contributed by atoms with van der Waals surface area (Å²) in [6, 6.07) is 0. The summed E-state index contributed by atoms with van der Waals surface area (Å²) in [4.78, 5) is 11.9. The van der Waals surface area contributed by atoms with Crippen LogP contribution in [0.15, 0.2) is 0 Å². The van der Waals surface area contributed by atoms with E-state index in [9.17, 15) is 4.79 Å². The summed E-state index contributed by atoms with van der Waals surface area (Å²) in [7, 11) is 0. The summed E-state index contributed by atoms with van der Waals surface area (Å²) in [6.45, 7) is 4.88. The molecule has 0 aromatic heterocycles. The standard InChI is InChI=1S/C12H22N2O/c1-3-12(6-7-12)8-14-10(15)11(2,13)9-4-5-9/h9H,3-8,13H2,1-2H3,(H,14,15). The molecule has 3 nitrogen and oxygen atoms in total. The van der Waals surface area contributed by atoms with E-state index in [1.165, 1.54) is 12.8 Å². The molecule has 0 aromatic carbocycles. The Hall–Kier alpha value is -0.570. The molecule has 2 fully saturated rings. The Bertz CT molecular complexity index is 265. The number of rotatable bonds is 5. The van der Waals surface area contributed by atoms with Gasteiger partial charge in [-0.05, 0) is 50.4 Å². The fourth-order valence-electron chi connectivity index (χ4n) is 2.16. The van der Waals surface area contributed by atoms with E-state index in [1.807, 2.05) is 6.92 Å². The van der Waals surface area contributed by atoms with Crippen molar-refractivity contribution in [3.05, 3.63) is 0 Å². The van der Waals surface area contributed by atoms with Crippen molar-refractivity contribution >= 4 is 5.91 Å². The highest BCUT2D eigenvalue weighted by Crippen LogP contribution is 2.48. The molecule has 2 saturated carbocycles. The third kappa shape index (κ3) is 2.17. The van der Waals surface area contributed by atoms with Gasteiger partial charge in [0.05, 0.1) is 5.54 Å². The molecule has 3 heteroatoms. The number of carbonyl (C=O) groups excluding carboxylic acids is 1.